The van der Waals surface area contributed by atoms with Crippen molar-refractivity contribution in [3.05, 3.63) is 28.8 Å². The molecule has 2 N–H and O–H groups in total. The van der Waals surface area contributed by atoms with Crippen LogP contribution in [0.2, 0.25) is 5.02 Å². The summed E-state index contributed by atoms with van der Waals surface area (Å²) in [7, 11) is 1.55. The minimum atomic E-state index is -0.154. The van der Waals surface area contributed by atoms with E-state index in [0.29, 0.717) is 16.3 Å². The van der Waals surface area contributed by atoms with Crippen molar-refractivity contribution in [1.82, 2.24) is 5.32 Å². The Bertz CT molecular complexity index is 412. The molecule has 0 saturated heterocycles. The fourth-order valence-corrected chi connectivity index (χ4v) is 1.27. The first-order chi connectivity index (χ1) is 7.19. The monoisotopic (exact) mass is 223 g/mol. The number of nitrogens with one attached hydrogen (secondary N) is 2. The van der Waals surface area contributed by atoms with Crippen molar-refractivity contribution >= 4 is 23.2 Å². The highest BCUT2D eigenvalue weighted by atomic mass is 35.5. The van der Waals surface area contributed by atoms with Gasteiger partial charge in [0, 0.05) is 7.05 Å². The third kappa shape index (κ3) is 2.86. The third-order valence-corrected chi connectivity index (χ3v) is 2.16. The number of carbonyl (C=O) groups is 1. The second kappa shape index (κ2) is 5.23. The highest BCUT2D eigenvalue weighted by Crippen LogP contribution is 2.22. The first-order valence-electron chi connectivity index (χ1n) is 4.32. The van der Waals surface area contributed by atoms with Crippen LogP contribution in [0.1, 0.15) is 5.56 Å². The summed E-state index contributed by atoms with van der Waals surface area (Å²) in [5.74, 6) is -0.154. The van der Waals surface area contributed by atoms with Crippen molar-refractivity contribution in [2.24, 2.45) is 0 Å². The zero-order valence-corrected chi connectivity index (χ0v) is 8.93. The number of anilines is 1. The molecule has 1 aromatic rings. The van der Waals surface area contributed by atoms with Crippen LogP contribution in [-0.2, 0) is 4.79 Å². The molecule has 1 rings (SSSR count). The van der Waals surface area contributed by atoms with E-state index in [1.54, 1.807) is 25.2 Å². The number of nitrogens with zero attached hydrogens (tertiary/aromatic N) is 1. The largest absolute Gasteiger partial charge is 0.375 e. The van der Waals surface area contributed by atoms with Gasteiger partial charge in [-0.25, -0.2) is 0 Å². The predicted molar refractivity (Wildman–Crippen MR) is 58.7 cm³/mol. The van der Waals surface area contributed by atoms with Gasteiger partial charge in [-0.2, -0.15) is 5.26 Å². The molecule has 0 aliphatic rings. The summed E-state index contributed by atoms with van der Waals surface area (Å²) >= 11 is 5.82. The number of benzene rings is 1. The molecule has 0 aliphatic carbocycles. The molecule has 4 nitrogen and oxygen atoms in total. The third-order valence-electron chi connectivity index (χ3n) is 1.84. The number of amides is 1. The van der Waals surface area contributed by atoms with Gasteiger partial charge in [-0.1, -0.05) is 17.7 Å². The normalized spacial score (nSPS) is 9.13. The maximum absolute atomic E-state index is 11.0. The fourth-order valence-electron chi connectivity index (χ4n) is 1.05. The molecule has 0 heterocycles. The van der Waals surface area contributed by atoms with Crippen molar-refractivity contribution in [3.63, 3.8) is 0 Å². The van der Waals surface area contributed by atoms with Crippen LogP contribution in [0.25, 0.3) is 0 Å². The van der Waals surface area contributed by atoms with Crippen LogP contribution < -0.4 is 10.6 Å². The zero-order valence-electron chi connectivity index (χ0n) is 8.17. The van der Waals surface area contributed by atoms with Gasteiger partial charge in [0.2, 0.25) is 5.91 Å². The molecule has 0 atom stereocenters. The maximum atomic E-state index is 11.0. The fraction of sp³-hybridized carbons (Fsp3) is 0.200. The highest BCUT2D eigenvalue weighted by molar-refractivity contribution is 6.32. The molecule has 0 spiro atoms. The SMILES string of the molecule is CNC(=O)CNc1cccc(Cl)c1C#N. The lowest BCUT2D eigenvalue weighted by Gasteiger charge is -2.07. The van der Waals surface area contributed by atoms with E-state index >= 15 is 0 Å². The Labute approximate surface area is 92.8 Å². The van der Waals surface area contributed by atoms with Gasteiger partial charge >= 0.3 is 0 Å². The smallest absolute Gasteiger partial charge is 0.239 e. The lowest BCUT2D eigenvalue weighted by atomic mass is 10.2. The first-order valence-corrected chi connectivity index (χ1v) is 4.70. The lowest BCUT2D eigenvalue weighted by Crippen LogP contribution is -2.26. The topological polar surface area (TPSA) is 64.9 Å². The van der Waals surface area contributed by atoms with Crippen LogP contribution in [0.15, 0.2) is 18.2 Å². The Kier molecular flexibility index (Phi) is 3.95. The van der Waals surface area contributed by atoms with Crippen molar-refractivity contribution < 1.29 is 4.79 Å². The van der Waals surface area contributed by atoms with E-state index in [1.807, 2.05) is 6.07 Å². The summed E-state index contributed by atoms with van der Waals surface area (Å²) in [4.78, 5) is 11.0. The number of hydrogen-bond acceptors (Lipinski definition) is 3. The van der Waals surface area contributed by atoms with Gasteiger partial charge in [0.15, 0.2) is 0 Å². The molecule has 0 aliphatic heterocycles. The minimum Gasteiger partial charge on any atom is -0.375 e. The van der Waals surface area contributed by atoms with Crippen LogP contribution >= 0.6 is 11.6 Å². The Balaban J connectivity index is 2.82. The van der Waals surface area contributed by atoms with E-state index in [2.05, 4.69) is 10.6 Å². The van der Waals surface area contributed by atoms with Crippen LogP contribution in [0.3, 0.4) is 0 Å². The molecule has 0 radical (unpaired) electrons. The van der Waals surface area contributed by atoms with E-state index in [-0.39, 0.29) is 12.5 Å². The molecule has 0 saturated carbocycles. The number of carbonyl (C=O) groups excluding carboxylic acids is 1. The number of nitriles is 1. The van der Waals surface area contributed by atoms with Crippen LogP contribution in [0, 0.1) is 11.3 Å². The quantitative estimate of drug-likeness (QED) is 0.814. The van der Waals surface area contributed by atoms with E-state index in [0.717, 1.165) is 0 Å². The van der Waals surface area contributed by atoms with Gasteiger partial charge < -0.3 is 10.6 Å². The molecule has 1 aromatic carbocycles. The average molecular weight is 224 g/mol. The lowest BCUT2D eigenvalue weighted by molar-refractivity contribution is -0.118. The number of hydrogen-bond donors (Lipinski definition) is 2. The first kappa shape index (κ1) is 11.3. The van der Waals surface area contributed by atoms with Gasteiger partial charge in [-0.15, -0.1) is 0 Å². The summed E-state index contributed by atoms with van der Waals surface area (Å²) < 4.78 is 0. The standard InChI is InChI=1S/C10H10ClN3O/c1-13-10(15)6-14-9-4-2-3-8(11)7(9)5-12/h2-4,14H,6H2,1H3,(H,13,15). The van der Waals surface area contributed by atoms with E-state index in [1.165, 1.54) is 0 Å². The van der Waals surface area contributed by atoms with Crippen molar-refractivity contribution in [3.8, 4) is 6.07 Å². The summed E-state index contributed by atoms with van der Waals surface area (Å²) in [6, 6.07) is 7.03. The van der Waals surface area contributed by atoms with Gasteiger partial charge in [0.25, 0.3) is 0 Å². The molecule has 78 valence electrons. The van der Waals surface area contributed by atoms with E-state index < -0.39 is 0 Å². The summed E-state index contributed by atoms with van der Waals surface area (Å²) in [6.45, 7) is 0.117. The predicted octanol–water partition coefficient (Wildman–Crippen LogP) is 1.37. The van der Waals surface area contributed by atoms with Crippen molar-refractivity contribution in [2.75, 3.05) is 18.9 Å². The van der Waals surface area contributed by atoms with E-state index in [9.17, 15) is 4.79 Å². The molecule has 5 heteroatoms. The summed E-state index contributed by atoms with van der Waals surface area (Å²) in [6.07, 6.45) is 0. The van der Waals surface area contributed by atoms with Crippen LogP contribution in [0.5, 0.6) is 0 Å². The Hall–Kier alpha value is -1.73. The van der Waals surface area contributed by atoms with Gasteiger partial charge in [-0.05, 0) is 12.1 Å². The zero-order chi connectivity index (χ0) is 11.3. The molecule has 0 bridgehead atoms. The molecule has 0 fully saturated rings. The van der Waals surface area contributed by atoms with Gasteiger partial charge in [-0.3, -0.25) is 4.79 Å². The van der Waals surface area contributed by atoms with Gasteiger partial charge in [0.1, 0.15) is 6.07 Å². The molecule has 0 unspecified atom stereocenters. The number of halogens is 1. The van der Waals surface area contributed by atoms with Crippen molar-refractivity contribution in [2.45, 2.75) is 0 Å². The Morgan fingerprint density at radius 1 is 1.60 bits per heavy atom. The summed E-state index contributed by atoms with van der Waals surface area (Å²) in [5.41, 5.74) is 0.914. The Morgan fingerprint density at radius 2 is 2.33 bits per heavy atom. The minimum absolute atomic E-state index is 0.117. The van der Waals surface area contributed by atoms with Crippen LogP contribution in [0.4, 0.5) is 5.69 Å². The highest BCUT2D eigenvalue weighted by Gasteiger charge is 2.06. The van der Waals surface area contributed by atoms with E-state index in [4.69, 9.17) is 16.9 Å². The van der Waals surface area contributed by atoms with Gasteiger partial charge in [0.05, 0.1) is 22.8 Å². The molecule has 15 heavy (non-hydrogen) atoms. The number of rotatable bonds is 3. The molecular weight excluding hydrogens is 214 g/mol. The number of likely N-dealkylation sites (N-methyl/N-ethyl adjacent to an activating group) is 1. The molecular formula is C10H10ClN3O. The summed E-state index contributed by atoms with van der Waals surface area (Å²) in [5, 5.41) is 14.5. The van der Waals surface area contributed by atoms with Crippen LogP contribution in [-0.4, -0.2) is 19.5 Å². The van der Waals surface area contributed by atoms with Crippen molar-refractivity contribution in [1.29, 1.82) is 5.26 Å². The second-order valence-electron chi connectivity index (χ2n) is 2.80. The molecule has 0 aromatic heterocycles. The average Bonchev–Trinajstić information content (AvgIpc) is 2.25. The second-order valence-corrected chi connectivity index (χ2v) is 3.21. The maximum Gasteiger partial charge on any atom is 0.239 e. The molecule has 1 amide bonds. The Morgan fingerprint density at radius 3 is 2.93 bits per heavy atom.